The number of nitrogen functional groups attached to an aromatic ring is 1. The van der Waals surface area contributed by atoms with E-state index in [0.717, 1.165) is 0 Å². The molecule has 0 fully saturated rings. The Morgan fingerprint density at radius 2 is 2.27 bits per heavy atom. The van der Waals surface area contributed by atoms with E-state index in [1.54, 1.807) is 18.4 Å². The summed E-state index contributed by atoms with van der Waals surface area (Å²) in [6, 6.07) is 4.75. The number of rotatable bonds is 2. The molecule has 0 aliphatic heterocycles. The summed E-state index contributed by atoms with van der Waals surface area (Å²) in [5.41, 5.74) is 6.39. The fourth-order valence-electron chi connectivity index (χ4n) is 0.798. The van der Waals surface area contributed by atoms with Crippen molar-refractivity contribution in [3.63, 3.8) is 0 Å². The summed E-state index contributed by atoms with van der Waals surface area (Å²) in [6.07, 6.45) is 1.73. The third-order valence-electron chi connectivity index (χ3n) is 1.35. The van der Waals surface area contributed by atoms with Crippen LogP contribution in [0, 0.1) is 0 Å². The molecule has 3 heteroatoms. The molecular weight excluding hydrogens is 142 g/mol. The van der Waals surface area contributed by atoms with Crippen LogP contribution in [0.4, 0.5) is 5.69 Å². The normalized spacial score (nSPS) is 9.18. The van der Waals surface area contributed by atoms with Gasteiger partial charge in [-0.05, 0) is 18.2 Å². The second-order valence-electron chi connectivity index (χ2n) is 2.06. The Kier molecular flexibility index (Phi) is 2.11. The van der Waals surface area contributed by atoms with Gasteiger partial charge in [0.25, 0.3) is 0 Å². The summed E-state index contributed by atoms with van der Waals surface area (Å²) in [5.74, 6) is 0.573. The van der Waals surface area contributed by atoms with Gasteiger partial charge >= 0.3 is 0 Å². The van der Waals surface area contributed by atoms with Crippen molar-refractivity contribution in [2.24, 2.45) is 0 Å². The van der Waals surface area contributed by atoms with E-state index in [2.05, 4.69) is 0 Å². The summed E-state index contributed by atoms with van der Waals surface area (Å²) in [5, 5.41) is 0. The predicted molar refractivity (Wildman–Crippen MR) is 42.2 cm³/mol. The van der Waals surface area contributed by atoms with Gasteiger partial charge in [0, 0.05) is 5.56 Å². The monoisotopic (exact) mass is 150 g/mol. The molecule has 0 atom stereocenters. The number of methoxy groups -OCH3 is 1. The van der Waals surface area contributed by atoms with Crippen LogP contribution >= 0.6 is 0 Å². The van der Waals surface area contributed by atoms with Crippen molar-refractivity contribution < 1.29 is 9.53 Å². The number of anilines is 1. The molecule has 0 unspecified atom stereocenters. The molecule has 2 N–H and O–H groups in total. The highest BCUT2D eigenvalue weighted by molar-refractivity contribution is 5.78. The number of hydrogen-bond donors (Lipinski definition) is 1. The second kappa shape index (κ2) is 3.05. The lowest BCUT2D eigenvalue weighted by atomic mass is 10.2. The average molecular weight is 150 g/mol. The zero-order chi connectivity index (χ0) is 8.27. The van der Waals surface area contributed by atoms with Crippen molar-refractivity contribution in [2.45, 2.75) is 0 Å². The third-order valence-corrected chi connectivity index (χ3v) is 1.35. The molecule has 3 nitrogen and oxygen atoms in total. The molecule has 0 aromatic heterocycles. The van der Waals surface area contributed by atoms with Crippen molar-refractivity contribution in [1.29, 1.82) is 0 Å². The molecule has 11 heavy (non-hydrogen) atoms. The van der Waals surface area contributed by atoms with Crippen LogP contribution in [0.25, 0.3) is 0 Å². The largest absolute Gasteiger partial charge is 0.495 e. The Hall–Kier alpha value is -1.51. The lowest BCUT2D eigenvalue weighted by Crippen LogP contribution is -1.93. The number of ether oxygens (including phenoxy) is 1. The lowest BCUT2D eigenvalue weighted by Gasteiger charge is -2.02. The van der Waals surface area contributed by atoms with E-state index in [0.29, 0.717) is 17.0 Å². The van der Waals surface area contributed by atoms with Gasteiger partial charge in [0.1, 0.15) is 5.75 Å². The summed E-state index contributed by atoms with van der Waals surface area (Å²) in [4.78, 5) is 10.1. The maximum absolute atomic E-state index is 10.1. The maximum Gasteiger partial charge on any atom is 0.233 e. The summed E-state index contributed by atoms with van der Waals surface area (Å²) >= 11 is 0. The summed E-state index contributed by atoms with van der Waals surface area (Å²) in [6.45, 7) is 0. The van der Waals surface area contributed by atoms with Gasteiger partial charge < -0.3 is 10.5 Å². The van der Waals surface area contributed by atoms with Gasteiger partial charge in [-0.15, -0.1) is 0 Å². The zero-order valence-corrected chi connectivity index (χ0v) is 6.13. The smallest absolute Gasteiger partial charge is 0.233 e. The topological polar surface area (TPSA) is 52.3 Å². The van der Waals surface area contributed by atoms with E-state index >= 15 is 0 Å². The van der Waals surface area contributed by atoms with E-state index in [1.807, 2.05) is 0 Å². The SMILES string of the molecule is COc1ccc([C]=O)cc1N. The number of hydrogen-bond acceptors (Lipinski definition) is 3. The fourth-order valence-corrected chi connectivity index (χ4v) is 0.798. The highest BCUT2D eigenvalue weighted by atomic mass is 16.5. The van der Waals surface area contributed by atoms with Crippen molar-refractivity contribution in [3.05, 3.63) is 23.8 Å². The molecule has 0 heterocycles. The van der Waals surface area contributed by atoms with Gasteiger partial charge in [-0.1, -0.05) is 0 Å². The Balaban J connectivity index is 3.09. The van der Waals surface area contributed by atoms with Crippen molar-refractivity contribution in [2.75, 3.05) is 12.8 Å². The highest BCUT2D eigenvalue weighted by Crippen LogP contribution is 2.20. The molecule has 57 valence electrons. The van der Waals surface area contributed by atoms with Crippen LogP contribution in [-0.2, 0) is 4.79 Å². The molecule has 1 aromatic rings. The van der Waals surface area contributed by atoms with Crippen molar-refractivity contribution in [3.8, 4) is 5.75 Å². The Bertz CT molecular complexity index is 271. The van der Waals surface area contributed by atoms with Crippen LogP contribution in [-0.4, -0.2) is 13.4 Å². The Morgan fingerprint density at radius 3 is 2.73 bits per heavy atom. The van der Waals surface area contributed by atoms with Gasteiger partial charge in [-0.25, -0.2) is 0 Å². The van der Waals surface area contributed by atoms with Crippen LogP contribution in [0.2, 0.25) is 0 Å². The maximum atomic E-state index is 10.1. The van der Waals surface area contributed by atoms with E-state index in [-0.39, 0.29) is 0 Å². The predicted octanol–water partition coefficient (Wildman–Crippen LogP) is 0.735. The molecule has 0 bridgehead atoms. The minimum Gasteiger partial charge on any atom is -0.495 e. The molecule has 0 saturated heterocycles. The molecule has 0 aliphatic carbocycles. The standard InChI is InChI=1S/C8H8NO2/c1-11-8-3-2-6(5-10)4-7(8)9/h2-4H,9H2,1H3. The quantitative estimate of drug-likeness (QED) is 0.632. The molecular formula is C8H8NO2. The van der Waals surface area contributed by atoms with E-state index in [9.17, 15) is 4.79 Å². The average Bonchev–Trinajstić information content (AvgIpc) is 2.04. The van der Waals surface area contributed by atoms with Crippen LogP contribution in [0.3, 0.4) is 0 Å². The van der Waals surface area contributed by atoms with Crippen molar-refractivity contribution in [1.82, 2.24) is 0 Å². The van der Waals surface area contributed by atoms with Gasteiger partial charge in [0.05, 0.1) is 12.8 Å². The second-order valence-corrected chi connectivity index (χ2v) is 2.06. The van der Waals surface area contributed by atoms with Gasteiger partial charge in [0.2, 0.25) is 6.29 Å². The first-order valence-corrected chi connectivity index (χ1v) is 3.09. The highest BCUT2D eigenvalue weighted by Gasteiger charge is 1.98. The number of benzene rings is 1. The zero-order valence-electron chi connectivity index (χ0n) is 6.13. The van der Waals surface area contributed by atoms with E-state index in [4.69, 9.17) is 10.5 Å². The molecule has 0 spiro atoms. The van der Waals surface area contributed by atoms with Crippen LogP contribution < -0.4 is 10.5 Å². The van der Waals surface area contributed by atoms with Crippen LogP contribution in [0.5, 0.6) is 5.75 Å². The molecule has 0 aliphatic rings. The van der Waals surface area contributed by atoms with Gasteiger partial charge in [-0.3, -0.25) is 4.79 Å². The minimum absolute atomic E-state index is 0.434. The first-order chi connectivity index (χ1) is 5.27. The van der Waals surface area contributed by atoms with Crippen LogP contribution in [0.1, 0.15) is 5.56 Å². The minimum atomic E-state index is 0.434. The Morgan fingerprint density at radius 1 is 1.55 bits per heavy atom. The third kappa shape index (κ3) is 1.49. The molecule has 1 radical (unpaired) electrons. The summed E-state index contributed by atoms with van der Waals surface area (Å²) < 4.78 is 4.89. The molecule has 1 aromatic carbocycles. The lowest BCUT2D eigenvalue weighted by molar-refractivity contribution is 0.417. The van der Waals surface area contributed by atoms with E-state index in [1.165, 1.54) is 13.2 Å². The molecule has 0 amide bonds. The van der Waals surface area contributed by atoms with Gasteiger partial charge in [-0.2, -0.15) is 0 Å². The summed E-state index contributed by atoms with van der Waals surface area (Å²) in [7, 11) is 1.52. The number of carbonyl (C=O) groups excluding carboxylic acids is 1. The first kappa shape index (κ1) is 7.60. The molecule has 1 rings (SSSR count). The first-order valence-electron chi connectivity index (χ1n) is 3.09. The fraction of sp³-hybridized carbons (Fsp3) is 0.125. The Labute approximate surface area is 64.8 Å². The van der Waals surface area contributed by atoms with E-state index < -0.39 is 0 Å². The van der Waals surface area contributed by atoms with Gasteiger partial charge in [0.15, 0.2) is 0 Å². The van der Waals surface area contributed by atoms with Crippen molar-refractivity contribution >= 4 is 12.0 Å². The van der Waals surface area contributed by atoms with Crippen LogP contribution in [0.15, 0.2) is 18.2 Å². The number of nitrogens with two attached hydrogens (primary N) is 1. The molecule has 0 saturated carbocycles.